The fourth-order valence-corrected chi connectivity index (χ4v) is 3.42. The number of hydrogen-bond donors (Lipinski definition) is 2. The first kappa shape index (κ1) is 21.6. The maximum atomic E-state index is 6.00. The van der Waals surface area contributed by atoms with Crippen LogP contribution in [0.1, 0.15) is 22.6 Å². The standard InChI is InChI=1S/C18H20ClN5OS.HI/c1-3-14-7-8-15(26-14)10-21-18(20-2)22-11-16-23-17(24-25-16)12-5-4-6-13(19)9-12;/h4-9H,3,10-11H2,1-2H3,(H2,20,21,22);1H. The summed E-state index contributed by atoms with van der Waals surface area (Å²) < 4.78 is 5.29. The van der Waals surface area contributed by atoms with Gasteiger partial charge in [-0.3, -0.25) is 4.99 Å². The monoisotopic (exact) mass is 517 g/mol. The summed E-state index contributed by atoms with van der Waals surface area (Å²) in [6, 6.07) is 11.6. The molecule has 3 aromatic rings. The summed E-state index contributed by atoms with van der Waals surface area (Å²) in [5, 5.41) is 11.1. The van der Waals surface area contributed by atoms with E-state index < -0.39 is 0 Å². The molecule has 0 aliphatic rings. The fourth-order valence-electron chi connectivity index (χ4n) is 2.33. The minimum Gasteiger partial charge on any atom is -0.352 e. The third kappa shape index (κ3) is 6.18. The van der Waals surface area contributed by atoms with Gasteiger partial charge >= 0.3 is 0 Å². The Hall–Kier alpha value is -1.65. The van der Waals surface area contributed by atoms with Crippen molar-refractivity contribution >= 4 is 52.9 Å². The van der Waals surface area contributed by atoms with E-state index >= 15 is 0 Å². The minimum absolute atomic E-state index is 0. The normalized spacial score (nSPS) is 11.1. The number of hydrogen-bond acceptors (Lipinski definition) is 5. The van der Waals surface area contributed by atoms with E-state index in [0.29, 0.717) is 29.2 Å². The first-order chi connectivity index (χ1) is 12.7. The van der Waals surface area contributed by atoms with Crippen molar-refractivity contribution in [1.82, 2.24) is 20.8 Å². The van der Waals surface area contributed by atoms with Crippen LogP contribution in [0.25, 0.3) is 11.4 Å². The molecule has 0 radical (unpaired) electrons. The number of thiophene rings is 1. The van der Waals surface area contributed by atoms with Gasteiger partial charge in [-0.25, -0.2) is 0 Å². The zero-order valence-corrected chi connectivity index (χ0v) is 18.9. The van der Waals surface area contributed by atoms with E-state index in [-0.39, 0.29) is 24.0 Å². The third-order valence-electron chi connectivity index (χ3n) is 3.68. The Morgan fingerprint density at radius 2 is 1.96 bits per heavy atom. The largest absolute Gasteiger partial charge is 0.352 e. The molecular weight excluding hydrogens is 497 g/mol. The van der Waals surface area contributed by atoms with Crippen LogP contribution in [0, 0.1) is 0 Å². The summed E-state index contributed by atoms with van der Waals surface area (Å²) >= 11 is 7.80. The highest BCUT2D eigenvalue weighted by atomic mass is 127. The summed E-state index contributed by atoms with van der Waals surface area (Å²) in [6.07, 6.45) is 1.06. The van der Waals surface area contributed by atoms with Crippen LogP contribution in [0.15, 0.2) is 45.9 Å². The molecule has 1 aromatic carbocycles. The number of halogens is 2. The van der Waals surface area contributed by atoms with Gasteiger partial charge < -0.3 is 15.2 Å². The van der Waals surface area contributed by atoms with Gasteiger partial charge in [0.2, 0.25) is 11.7 Å². The first-order valence-corrected chi connectivity index (χ1v) is 9.48. The van der Waals surface area contributed by atoms with Crippen LogP contribution in [0.4, 0.5) is 0 Å². The lowest BCUT2D eigenvalue weighted by molar-refractivity contribution is 0.375. The molecule has 3 rings (SSSR count). The molecule has 0 spiro atoms. The van der Waals surface area contributed by atoms with Crippen LogP contribution in [0.3, 0.4) is 0 Å². The molecule has 0 atom stereocenters. The zero-order valence-electron chi connectivity index (χ0n) is 15.0. The fraction of sp³-hybridized carbons (Fsp3) is 0.278. The predicted molar refractivity (Wildman–Crippen MR) is 121 cm³/mol. The van der Waals surface area contributed by atoms with Crippen LogP contribution in [-0.4, -0.2) is 23.1 Å². The van der Waals surface area contributed by atoms with Crippen molar-refractivity contribution < 1.29 is 4.52 Å². The van der Waals surface area contributed by atoms with Crippen LogP contribution in [0.2, 0.25) is 5.02 Å². The number of aliphatic imine (C=N–C) groups is 1. The van der Waals surface area contributed by atoms with Crippen LogP contribution in [-0.2, 0) is 19.5 Å². The van der Waals surface area contributed by atoms with Crippen molar-refractivity contribution in [3.05, 3.63) is 57.1 Å². The molecule has 2 aromatic heterocycles. The quantitative estimate of drug-likeness (QED) is 0.286. The molecule has 144 valence electrons. The molecule has 0 aliphatic heterocycles. The Kier molecular flexibility index (Phi) is 8.52. The molecule has 0 amide bonds. The van der Waals surface area contributed by atoms with Crippen LogP contribution < -0.4 is 10.6 Å². The molecule has 2 heterocycles. The Morgan fingerprint density at radius 3 is 2.67 bits per heavy atom. The van der Waals surface area contributed by atoms with Crippen molar-refractivity contribution in [2.24, 2.45) is 4.99 Å². The van der Waals surface area contributed by atoms with Gasteiger partial charge in [0, 0.05) is 27.4 Å². The van der Waals surface area contributed by atoms with Crippen molar-refractivity contribution in [1.29, 1.82) is 0 Å². The minimum atomic E-state index is 0. The van der Waals surface area contributed by atoms with E-state index in [1.165, 1.54) is 9.75 Å². The molecule has 2 N–H and O–H groups in total. The number of guanidine groups is 1. The van der Waals surface area contributed by atoms with Crippen LogP contribution in [0.5, 0.6) is 0 Å². The average molecular weight is 518 g/mol. The third-order valence-corrected chi connectivity index (χ3v) is 5.14. The Bertz CT molecular complexity index is 895. The average Bonchev–Trinajstić information content (AvgIpc) is 3.31. The molecule has 0 saturated heterocycles. The number of benzene rings is 1. The lowest BCUT2D eigenvalue weighted by Crippen LogP contribution is -2.36. The summed E-state index contributed by atoms with van der Waals surface area (Å²) in [5.74, 6) is 1.67. The first-order valence-electron chi connectivity index (χ1n) is 8.28. The van der Waals surface area contributed by atoms with E-state index in [4.69, 9.17) is 16.1 Å². The van der Waals surface area contributed by atoms with E-state index in [2.05, 4.69) is 44.8 Å². The zero-order chi connectivity index (χ0) is 18.4. The number of aryl methyl sites for hydroxylation is 1. The molecule has 0 bridgehead atoms. The SMILES string of the molecule is CCc1ccc(CNC(=NC)NCc2nc(-c3cccc(Cl)c3)no2)s1.I. The molecular formula is C18H21ClIN5OS. The second kappa shape index (κ2) is 10.6. The summed E-state index contributed by atoms with van der Waals surface area (Å²) in [6.45, 7) is 3.27. The van der Waals surface area contributed by atoms with E-state index in [0.717, 1.165) is 18.5 Å². The highest BCUT2D eigenvalue weighted by Gasteiger charge is 2.10. The smallest absolute Gasteiger partial charge is 0.246 e. The summed E-state index contributed by atoms with van der Waals surface area (Å²) in [7, 11) is 1.73. The maximum Gasteiger partial charge on any atom is 0.246 e. The van der Waals surface area contributed by atoms with Crippen LogP contribution >= 0.6 is 46.9 Å². The van der Waals surface area contributed by atoms with Gasteiger partial charge in [-0.2, -0.15) is 4.98 Å². The number of nitrogens with one attached hydrogen (secondary N) is 2. The molecule has 0 aliphatic carbocycles. The predicted octanol–water partition coefficient (Wildman–Crippen LogP) is 4.50. The second-order valence-electron chi connectivity index (χ2n) is 5.52. The molecule has 0 unspecified atom stereocenters. The number of aromatic nitrogens is 2. The molecule has 9 heteroatoms. The van der Waals surface area contributed by atoms with Gasteiger partial charge in [0.1, 0.15) is 0 Å². The van der Waals surface area contributed by atoms with Crippen molar-refractivity contribution in [2.75, 3.05) is 7.05 Å². The lowest BCUT2D eigenvalue weighted by Gasteiger charge is -2.09. The molecule has 6 nitrogen and oxygen atoms in total. The van der Waals surface area contributed by atoms with Gasteiger partial charge in [-0.1, -0.05) is 35.8 Å². The van der Waals surface area contributed by atoms with Gasteiger partial charge in [0.15, 0.2) is 5.96 Å². The number of nitrogens with zero attached hydrogens (tertiary/aromatic N) is 3. The second-order valence-corrected chi connectivity index (χ2v) is 7.21. The molecule has 0 saturated carbocycles. The molecule has 27 heavy (non-hydrogen) atoms. The maximum absolute atomic E-state index is 6.00. The van der Waals surface area contributed by atoms with E-state index in [9.17, 15) is 0 Å². The van der Waals surface area contributed by atoms with Gasteiger partial charge in [0.05, 0.1) is 13.1 Å². The summed E-state index contributed by atoms with van der Waals surface area (Å²) in [4.78, 5) is 11.2. The van der Waals surface area contributed by atoms with E-state index in [1.54, 1.807) is 30.5 Å². The Balaban J connectivity index is 0.00000261. The van der Waals surface area contributed by atoms with Crippen molar-refractivity contribution in [3.63, 3.8) is 0 Å². The van der Waals surface area contributed by atoms with E-state index in [1.807, 2.05) is 12.1 Å². The highest BCUT2D eigenvalue weighted by molar-refractivity contribution is 14.0. The Labute approximate surface area is 184 Å². The van der Waals surface area contributed by atoms with Crippen molar-refractivity contribution in [2.45, 2.75) is 26.4 Å². The number of rotatable bonds is 6. The topological polar surface area (TPSA) is 75.3 Å². The van der Waals surface area contributed by atoms with Gasteiger partial charge in [0.25, 0.3) is 0 Å². The molecule has 0 fully saturated rings. The van der Waals surface area contributed by atoms with Gasteiger partial charge in [-0.05, 0) is 30.7 Å². The van der Waals surface area contributed by atoms with Crippen molar-refractivity contribution in [3.8, 4) is 11.4 Å². The van der Waals surface area contributed by atoms with Gasteiger partial charge in [-0.15, -0.1) is 35.3 Å². The highest BCUT2D eigenvalue weighted by Crippen LogP contribution is 2.20. The lowest BCUT2D eigenvalue weighted by atomic mass is 10.2. The summed E-state index contributed by atoms with van der Waals surface area (Å²) in [5.41, 5.74) is 0.819. The Morgan fingerprint density at radius 1 is 1.19 bits per heavy atom.